The van der Waals surface area contributed by atoms with E-state index in [9.17, 15) is 0 Å². The van der Waals surface area contributed by atoms with Crippen LogP contribution in [0.15, 0.2) is 54.7 Å². The number of hydrogen-bond donors (Lipinski definition) is 1. The highest BCUT2D eigenvalue weighted by molar-refractivity contribution is 14.1. The summed E-state index contributed by atoms with van der Waals surface area (Å²) in [6, 6.07) is 17.7. The van der Waals surface area contributed by atoms with Crippen molar-refractivity contribution in [3.8, 4) is 0 Å². The van der Waals surface area contributed by atoms with Crippen LogP contribution in [0.3, 0.4) is 0 Å². The molecule has 0 aliphatic rings. The topological polar surface area (TPSA) is 17.0 Å². The molecule has 21 heavy (non-hydrogen) atoms. The minimum absolute atomic E-state index is 0.922. The highest BCUT2D eigenvalue weighted by Crippen LogP contribution is 2.19. The fourth-order valence-electron chi connectivity index (χ4n) is 2.53. The number of halogens is 1. The van der Waals surface area contributed by atoms with Gasteiger partial charge < -0.3 is 9.88 Å². The van der Waals surface area contributed by atoms with Crippen LogP contribution in [0.4, 0.5) is 0 Å². The molecule has 1 heterocycles. The van der Waals surface area contributed by atoms with E-state index in [4.69, 9.17) is 0 Å². The Labute approximate surface area is 139 Å². The van der Waals surface area contributed by atoms with Crippen molar-refractivity contribution in [3.63, 3.8) is 0 Å². The molecule has 108 valence electrons. The average molecular weight is 390 g/mol. The number of benzene rings is 2. The van der Waals surface area contributed by atoms with Gasteiger partial charge in [0.2, 0.25) is 0 Å². The summed E-state index contributed by atoms with van der Waals surface area (Å²) in [6.45, 7) is 4.99. The molecule has 0 spiro atoms. The van der Waals surface area contributed by atoms with Crippen LogP contribution in [-0.4, -0.2) is 11.1 Å². The lowest BCUT2D eigenvalue weighted by Crippen LogP contribution is -2.11. The Morgan fingerprint density at radius 1 is 1.00 bits per heavy atom. The highest BCUT2D eigenvalue weighted by atomic mass is 127. The Morgan fingerprint density at radius 2 is 1.76 bits per heavy atom. The van der Waals surface area contributed by atoms with Gasteiger partial charge in [0.15, 0.2) is 0 Å². The van der Waals surface area contributed by atoms with Gasteiger partial charge >= 0.3 is 0 Å². The molecule has 0 saturated heterocycles. The maximum absolute atomic E-state index is 3.39. The summed E-state index contributed by atoms with van der Waals surface area (Å²) in [5.74, 6) is 0. The standard InChI is InChI=1S/C18H19IN2/c1-2-20-12-15-3-6-16-9-10-21(18(16)11-15)13-14-4-7-17(19)8-5-14/h3-11,20H,2,12-13H2,1H3. The lowest BCUT2D eigenvalue weighted by molar-refractivity contribution is 0.726. The van der Waals surface area contributed by atoms with Gasteiger partial charge in [0.05, 0.1) is 0 Å². The van der Waals surface area contributed by atoms with Gasteiger partial charge in [0.1, 0.15) is 0 Å². The summed E-state index contributed by atoms with van der Waals surface area (Å²) in [7, 11) is 0. The summed E-state index contributed by atoms with van der Waals surface area (Å²) in [5, 5.41) is 4.69. The second-order valence-corrected chi connectivity index (χ2v) is 6.49. The summed E-state index contributed by atoms with van der Waals surface area (Å²) in [6.07, 6.45) is 2.18. The van der Waals surface area contributed by atoms with E-state index in [0.717, 1.165) is 19.6 Å². The molecular weight excluding hydrogens is 371 g/mol. The van der Waals surface area contributed by atoms with Crippen molar-refractivity contribution >= 4 is 33.5 Å². The molecule has 0 aliphatic carbocycles. The molecule has 0 radical (unpaired) electrons. The van der Waals surface area contributed by atoms with Crippen LogP contribution in [0.5, 0.6) is 0 Å². The molecule has 0 saturated carbocycles. The van der Waals surface area contributed by atoms with E-state index in [1.165, 1.54) is 25.6 Å². The quantitative estimate of drug-likeness (QED) is 0.639. The van der Waals surface area contributed by atoms with Crippen LogP contribution >= 0.6 is 22.6 Å². The maximum atomic E-state index is 3.39. The molecule has 1 N–H and O–H groups in total. The van der Waals surface area contributed by atoms with Crippen LogP contribution in [0.25, 0.3) is 10.9 Å². The third-order valence-corrected chi connectivity index (χ3v) is 4.40. The normalized spacial score (nSPS) is 11.1. The Kier molecular flexibility index (Phi) is 4.60. The number of rotatable bonds is 5. The third-order valence-electron chi connectivity index (χ3n) is 3.68. The molecule has 0 fully saturated rings. The van der Waals surface area contributed by atoms with E-state index in [0.29, 0.717) is 0 Å². The zero-order valence-electron chi connectivity index (χ0n) is 12.1. The van der Waals surface area contributed by atoms with Gasteiger partial charge in [-0.1, -0.05) is 31.2 Å². The van der Waals surface area contributed by atoms with Crippen LogP contribution < -0.4 is 5.32 Å². The van der Waals surface area contributed by atoms with Crippen molar-refractivity contribution in [2.24, 2.45) is 0 Å². The van der Waals surface area contributed by atoms with Crippen molar-refractivity contribution in [1.29, 1.82) is 0 Å². The number of nitrogens with zero attached hydrogens (tertiary/aromatic N) is 1. The number of hydrogen-bond acceptors (Lipinski definition) is 1. The van der Waals surface area contributed by atoms with Gasteiger partial charge in [-0.05, 0) is 69.9 Å². The van der Waals surface area contributed by atoms with Gasteiger partial charge in [-0.2, -0.15) is 0 Å². The van der Waals surface area contributed by atoms with Crippen molar-refractivity contribution in [2.45, 2.75) is 20.0 Å². The maximum Gasteiger partial charge on any atom is 0.0486 e. The Balaban J connectivity index is 1.89. The largest absolute Gasteiger partial charge is 0.343 e. The summed E-state index contributed by atoms with van der Waals surface area (Å²) in [4.78, 5) is 0. The monoisotopic (exact) mass is 390 g/mol. The second-order valence-electron chi connectivity index (χ2n) is 5.24. The number of fused-ring (bicyclic) bond motifs is 1. The molecule has 0 amide bonds. The smallest absolute Gasteiger partial charge is 0.0486 e. The summed E-state index contributed by atoms with van der Waals surface area (Å²) in [5.41, 5.74) is 3.99. The first-order valence-corrected chi connectivity index (χ1v) is 8.37. The minimum atomic E-state index is 0.922. The van der Waals surface area contributed by atoms with Crippen molar-refractivity contribution < 1.29 is 0 Å². The van der Waals surface area contributed by atoms with E-state index in [1.54, 1.807) is 0 Å². The van der Waals surface area contributed by atoms with Crippen LogP contribution in [-0.2, 0) is 13.1 Å². The first-order chi connectivity index (χ1) is 10.3. The average Bonchev–Trinajstić information content (AvgIpc) is 2.90. The van der Waals surface area contributed by atoms with Crippen LogP contribution in [0.2, 0.25) is 0 Å². The van der Waals surface area contributed by atoms with Gasteiger partial charge in [-0.25, -0.2) is 0 Å². The highest BCUT2D eigenvalue weighted by Gasteiger charge is 2.03. The van der Waals surface area contributed by atoms with E-state index in [2.05, 4.69) is 94.1 Å². The second kappa shape index (κ2) is 6.62. The lowest BCUT2D eigenvalue weighted by Gasteiger charge is -2.08. The molecule has 0 bridgehead atoms. The molecule has 0 atom stereocenters. The number of nitrogens with one attached hydrogen (secondary N) is 1. The van der Waals surface area contributed by atoms with E-state index in [1.807, 2.05) is 0 Å². The molecule has 3 rings (SSSR count). The number of aromatic nitrogens is 1. The van der Waals surface area contributed by atoms with Gasteiger partial charge in [0, 0.05) is 28.4 Å². The Hall–Kier alpha value is -1.33. The van der Waals surface area contributed by atoms with E-state index in [-0.39, 0.29) is 0 Å². The van der Waals surface area contributed by atoms with Crippen LogP contribution in [0, 0.1) is 3.57 Å². The molecule has 1 aromatic heterocycles. The molecule has 3 heteroatoms. The van der Waals surface area contributed by atoms with Crippen molar-refractivity contribution in [1.82, 2.24) is 9.88 Å². The summed E-state index contributed by atoms with van der Waals surface area (Å²) < 4.78 is 3.61. The Bertz CT molecular complexity index is 729. The predicted octanol–water partition coefficient (Wildman–Crippen LogP) is 4.40. The fourth-order valence-corrected chi connectivity index (χ4v) is 2.89. The third kappa shape index (κ3) is 3.47. The minimum Gasteiger partial charge on any atom is -0.343 e. The predicted molar refractivity (Wildman–Crippen MR) is 97.6 cm³/mol. The molecular formula is C18H19IN2. The molecule has 2 aromatic carbocycles. The molecule has 0 aliphatic heterocycles. The Morgan fingerprint density at radius 3 is 2.52 bits per heavy atom. The van der Waals surface area contributed by atoms with Crippen molar-refractivity contribution in [2.75, 3.05) is 6.54 Å². The molecule has 0 unspecified atom stereocenters. The first kappa shape index (κ1) is 14.6. The summed E-state index contributed by atoms with van der Waals surface area (Å²) >= 11 is 2.34. The van der Waals surface area contributed by atoms with Crippen LogP contribution in [0.1, 0.15) is 18.1 Å². The van der Waals surface area contributed by atoms with Gasteiger partial charge in [-0.15, -0.1) is 0 Å². The fraction of sp³-hybridized carbons (Fsp3) is 0.222. The van der Waals surface area contributed by atoms with Gasteiger partial charge in [0.25, 0.3) is 0 Å². The van der Waals surface area contributed by atoms with Gasteiger partial charge in [-0.3, -0.25) is 0 Å². The molecule has 2 nitrogen and oxygen atoms in total. The van der Waals surface area contributed by atoms with E-state index >= 15 is 0 Å². The van der Waals surface area contributed by atoms with E-state index < -0.39 is 0 Å². The van der Waals surface area contributed by atoms with Crippen molar-refractivity contribution in [3.05, 3.63) is 69.4 Å². The SMILES string of the molecule is CCNCc1ccc2ccn(Cc3ccc(I)cc3)c2c1. The zero-order valence-corrected chi connectivity index (χ0v) is 14.3. The zero-order chi connectivity index (χ0) is 14.7. The first-order valence-electron chi connectivity index (χ1n) is 7.29. The lowest BCUT2D eigenvalue weighted by atomic mass is 10.1. The molecule has 3 aromatic rings.